The molecule has 1 aliphatic heterocycles. The first-order chi connectivity index (χ1) is 14.2. The second-order valence-corrected chi connectivity index (χ2v) is 6.83. The number of hydrogen-bond donors (Lipinski definition) is 2. The molecule has 0 aromatic heterocycles. The van der Waals surface area contributed by atoms with Crippen LogP contribution in [-0.2, 0) is 16.1 Å². The SMILES string of the molecule is CN=C(NCc1ccc(F)cc1)NCC(C(=O)N1CCOCC1)c1ccccc1.I. The standard InChI is InChI=1S/C22H27FN4O2.HI/c1-24-22(25-15-17-7-9-19(23)10-8-17)26-16-20(18-5-3-2-4-6-18)21(28)27-11-13-29-14-12-27;/h2-10,20H,11-16H2,1H3,(H2,24,25,26);1H. The van der Waals surface area contributed by atoms with Crippen molar-refractivity contribution in [1.29, 1.82) is 0 Å². The van der Waals surface area contributed by atoms with Crippen molar-refractivity contribution in [3.05, 3.63) is 71.5 Å². The van der Waals surface area contributed by atoms with Gasteiger partial charge in [0.15, 0.2) is 5.96 Å². The molecule has 0 aliphatic carbocycles. The highest BCUT2D eigenvalue weighted by atomic mass is 127. The molecular weight excluding hydrogens is 498 g/mol. The number of morpholine rings is 1. The highest BCUT2D eigenvalue weighted by Gasteiger charge is 2.27. The molecular formula is C22H28FIN4O2. The van der Waals surface area contributed by atoms with Gasteiger partial charge in [-0.25, -0.2) is 4.39 Å². The average molecular weight is 526 g/mol. The first-order valence-corrected chi connectivity index (χ1v) is 9.78. The Kier molecular flexibility index (Phi) is 10.0. The number of nitrogens with one attached hydrogen (secondary N) is 2. The number of rotatable bonds is 6. The van der Waals surface area contributed by atoms with Crippen molar-refractivity contribution in [2.45, 2.75) is 12.5 Å². The quantitative estimate of drug-likeness (QED) is 0.345. The van der Waals surface area contributed by atoms with E-state index in [1.54, 1.807) is 19.2 Å². The van der Waals surface area contributed by atoms with Crippen LogP contribution in [0.25, 0.3) is 0 Å². The minimum Gasteiger partial charge on any atom is -0.378 e. The third-order valence-electron chi connectivity index (χ3n) is 4.89. The van der Waals surface area contributed by atoms with Crippen LogP contribution in [0.3, 0.4) is 0 Å². The van der Waals surface area contributed by atoms with Gasteiger partial charge in [-0.15, -0.1) is 24.0 Å². The number of nitrogens with zero attached hydrogens (tertiary/aromatic N) is 2. The van der Waals surface area contributed by atoms with Crippen LogP contribution >= 0.6 is 24.0 Å². The van der Waals surface area contributed by atoms with Gasteiger partial charge in [-0.2, -0.15) is 0 Å². The Balaban J connectivity index is 0.00000320. The molecule has 2 N–H and O–H groups in total. The number of ether oxygens (including phenoxy) is 1. The number of halogens is 2. The number of carbonyl (C=O) groups is 1. The normalized spacial score (nSPS) is 15.1. The Morgan fingerprint density at radius 2 is 1.77 bits per heavy atom. The molecule has 0 bridgehead atoms. The summed E-state index contributed by atoms with van der Waals surface area (Å²) < 4.78 is 18.4. The smallest absolute Gasteiger partial charge is 0.232 e. The van der Waals surface area contributed by atoms with Gasteiger partial charge in [0, 0.05) is 33.2 Å². The van der Waals surface area contributed by atoms with Gasteiger partial charge in [0.05, 0.1) is 19.1 Å². The Hall–Kier alpha value is -2.20. The highest BCUT2D eigenvalue weighted by Crippen LogP contribution is 2.19. The van der Waals surface area contributed by atoms with Crippen LogP contribution < -0.4 is 10.6 Å². The zero-order valence-corrected chi connectivity index (χ0v) is 19.3. The van der Waals surface area contributed by atoms with E-state index in [2.05, 4.69) is 15.6 Å². The summed E-state index contributed by atoms with van der Waals surface area (Å²) in [4.78, 5) is 19.2. The van der Waals surface area contributed by atoms with Crippen LogP contribution in [0.5, 0.6) is 0 Å². The summed E-state index contributed by atoms with van der Waals surface area (Å²) in [5.74, 6) is 0.0910. The van der Waals surface area contributed by atoms with Gasteiger partial charge in [0.1, 0.15) is 5.82 Å². The van der Waals surface area contributed by atoms with Crippen molar-refractivity contribution in [1.82, 2.24) is 15.5 Å². The molecule has 8 heteroatoms. The zero-order chi connectivity index (χ0) is 20.5. The maximum absolute atomic E-state index is 13.1. The topological polar surface area (TPSA) is 66.0 Å². The molecule has 0 radical (unpaired) electrons. The molecule has 2 aromatic carbocycles. The largest absolute Gasteiger partial charge is 0.378 e. The van der Waals surface area contributed by atoms with Gasteiger partial charge in [0.25, 0.3) is 0 Å². The Labute approximate surface area is 193 Å². The molecule has 30 heavy (non-hydrogen) atoms. The molecule has 0 saturated carbocycles. The number of carbonyl (C=O) groups excluding carboxylic acids is 1. The Morgan fingerprint density at radius 3 is 2.40 bits per heavy atom. The maximum Gasteiger partial charge on any atom is 0.232 e. The Bertz CT molecular complexity index is 812. The van der Waals surface area contributed by atoms with Gasteiger partial charge >= 0.3 is 0 Å². The fourth-order valence-corrected chi connectivity index (χ4v) is 3.24. The fourth-order valence-electron chi connectivity index (χ4n) is 3.24. The predicted octanol–water partition coefficient (Wildman–Crippen LogP) is 2.75. The van der Waals surface area contributed by atoms with E-state index < -0.39 is 0 Å². The number of benzene rings is 2. The van der Waals surface area contributed by atoms with Crippen LogP contribution in [0, 0.1) is 5.82 Å². The van der Waals surface area contributed by atoms with Crippen molar-refractivity contribution >= 4 is 35.8 Å². The lowest BCUT2D eigenvalue weighted by atomic mass is 9.97. The summed E-state index contributed by atoms with van der Waals surface area (Å²) in [5.41, 5.74) is 1.91. The number of hydrogen-bond acceptors (Lipinski definition) is 3. The monoisotopic (exact) mass is 526 g/mol. The van der Waals surface area contributed by atoms with Crippen LogP contribution in [0.15, 0.2) is 59.6 Å². The molecule has 1 fully saturated rings. The molecule has 1 saturated heterocycles. The first-order valence-electron chi connectivity index (χ1n) is 9.78. The van der Waals surface area contributed by atoms with Crippen LogP contribution in [0.2, 0.25) is 0 Å². The average Bonchev–Trinajstić information content (AvgIpc) is 2.78. The summed E-state index contributed by atoms with van der Waals surface area (Å²) in [6.45, 7) is 3.29. The zero-order valence-electron chi connectivity index (χ0n) is 17.0. The van der Waals surface area contributed by atoms with Gasteiger partial charge < -0.3 is 20.3 Å². The van der Waals surface area contributed by atoms with Crippen molar-refractivity contribution < 1.29 is 13.9 Å². The lowest BCUT2D eigenvalue weighted by Gasteiger charge is -2.31. The van der Waals surface area contributed by atoms with Crippen LogP contribution in [0.1, 0.15) is 17.0 Å². The van der Waals surface area contributed by atoms with Gasteiger partial charge in [-0.1, -0.05) is 42.5 Å². The summed E-state index contributed by atoms with van der Waals surface area (Å²) in [6, 6.07) is 16.1. The molecule has 6 nitrogen and oxygen atoms in total. The van der Waals surface area contributed by atoms with Crippen molar-refractivity contribution in [3.63, 3.8) is 0 Å². The fraction of sp³-hybridized carbons (Fsp3) is 0.364. The van der Waals surface area contributed by atoms with Crippen molar-refractivity contribution in [2.75, 3.05) is 39.9 Å². The van der Waals surface area contributed by atoms with Crippen molar-refractivity contribution in [3.8, 4) is 0 Å². The van der Waals surface area contributed by atoms with Gasteiger partial charge in [0.2, 0.25) is 5.91 Å². The minimum absolute atomic E-state index is 0. The van der Waals surface area contributed by atoms with E-state index in [9.17, 15) is 9.18 Å². The lowest BCUT2D eigenvalue weighted by molar-refractivity contribution is -0.136. The molecule has 162 valence electrons. The maximum atomic E-state index is 13.1. The lowest BCUT2D eigenvalue weighted by Crippen LogP contribution is -2.47. The third kappa shape index (κ3) is 6.94. The van der Waals surface area contributed by atoms with Crippen LogP contribution in [0.4, 0.5) is 4.39 Å². The van der Waals surface area contributed by atoms with Crippen LogP contribution in [-0.4, -0.2) is 56.7 Å². The predicted molar refractivity (Wildman–Crippen MR) is 127 cm³/mol. The summed E-state index contributed by atoms with van der Waals surface area (Å²) in [7, 11) is 1.68. The third-order valence-corrected chi connectivity index (χ3v) is 4.89. The molecule has 1 unspecified atom stereocenters. The first kappa shape index (κ1) is 24.1. The van der Waals surface area contributed by atoms with E-state index in [-0.39, 0.29) is 41.6 Å². The molecule has 0 spiro atoms. The van der Waals surface area contributed by atoms with E-state index in [0.717, 1.165) is 11.1 Å². The Morgan fingerprint density at radius 1 is 1.10 bits per heavy atom. The van der Waals surface area contributed by atoms with Crippen molar-refractivity contribution in [2.24, 2.45) is 4.99 Å². The summed E-state index contributed by atoms with van der Waals surface area (Å²) >= 11 is 0. The molecule has 2 aromatic rings. The number of guanidine groups is 1. The van der Waals surface area contributed by atoms with E-state index in [1.165, 1.54) is 12.1 Å². The van der Waals surface area contributed by atoms with E-state index >= 15 is 0 Å². The highest BCUT2D eigenvalue weighted by molar-refractivity contribution is 14.0. The minimum atomic E-state index is -0.321. The number of amides is 1. The second kappa shape index (κ2) is 12.5. The molecule has 1 amide bonds. The summed E-state index contributed by atoms with van der Waals surface area (Å²) in [6.07, 6.45) is 0. The molecule has 1 atom stereocenters. The van der Waals surface area contributed by atoms with E-state index in [1.807, 2.05) is 35.2 Å². The molecule has 3 rings (SSSR count). The molecule has 1 heterocycles. The van der Waals surface area contributed by atoms with Gasteiger partial charge in [-0.05, 0) is 23.3 Å². The van der Waals surface area contributed by atoms with E-state index in [0.29, 0.717) is 45.4 Å². The molecule has 1 aliphatic rings. The van der Waals surface area contributed by atoms with Gasteiger partial charge in [-0.3, -0.25) is 9.79 Å². The second-order valence-electron chi connectivity index (χ2n) is 6.83. The summed E-state index contributed by atoms with van der Waals surface area (Å²) in [5, 5.41) is 6.46. The number of aliphatic imine (C=N–C) groups is 1. The van der Waals surface area contributed by atoms with E-state index in [4.69, 9.17) is 4.74 Å².